The Labute approximate surface area is 260 Å². The summed E-state index contributed by atoms with van der Waals surface area (Å²) in [7, 11) is 0. The average molecular weight is 573 g/mol. The Morgan fingerprint density at radius 1 is 0.773 bits per heavy atom. The number of furan rings is 1. The fraction of sp³-hybridized carbons (Fsp3) is 0.122. The number of terminal acetylenes is 1. The molecule has 3 heteroatoms. The van der Waals surface area contributed by atoms with E-state index in [1.54, 1.807) is 0 Å². The standard InChI is InChI=1S/C41H36N2O/c1-6-15-39-34(7-2)36-21-14-22-37(40(36)44-39)42-31-18-13-19-33(28-31)43(32-26-24-30(25-27-32)41(3,4)5)38-23-12-11-20-35(38)29-16-9-8-10-17-29/h2,6,8-28,42H,1,3-5H3/b15-6-. The van der Waals surface area contributed by atoms with Gasteiger partial charge in [0, 0.05) is 28.0 Å². The molecule has 0 fully saturated rings. The number of benzene rings is 5. The van der Waals surface area contributed by atoms with Crippen LogP contribution in [0.1, 0.15) is 44.6 Å². The van der Waals surface area contributed by atoms with Gasteiger partial charge >= 0.3 is 0 Å². The molecule has 0 saturated heterocycles. The minimum absolute atomic E-state index is 0.0636. The predicted molar refractivity (Wildman–Crippen MR) is 187 cm³/mol. The lowest BCUT2D eigenvalue weighted by atomic mass is 9.87. The molecular formula is C41H36N2O. The van der Waals surface area contributed by atoms with Crippen molar-refractivity contribution in [2.45, 2.75) is 33.1 Å². The molecule has 6 rings (SSSR count). The van der Waals surface area contributed by atoms with Crippen molar-refractivity contribution in [1.82, 2.24) is 0 Å². The minimum Gasteiger partial charge on any atom is -0.453 e. The van der Waals surface area contributed by atoms with Gasteiger partial charge in [0.25, 0.3) is 0 Å². The molecule has 0 aliphatic carbocycles. The molecule has 3 nitrogen and oxygen atoms in total. The number of anilines is 5. The largest absolute Gasteiger partial charge is 0.453 e. The SMILES string of the molecule is C#Cc1c(/C=C\C)oc2c(Nc3cccc(N(c4ccc(C(C)(C)C)cc4)c4ccccc4-c4ccccc4)c3)cccc12. The van der Waals surface area contributed by atoms with Crippen LogP contribution in [0.25, 0.3) is 28.2 Å². The number of para-hydroxylation sites is 2. The summed E-state index contributed by atoms with van der Waals surface area (Å²) in [4.78, 5) is 2.33. The van der Waals surface area contributed by atoms with Gasteiger partial charge in [0.2, 0.25) is 0 Å². The summed E-state index contributed by atoms with van der Waals surface area (Å²) in [5.41, 5.74) is 10.2. The Kier molecular flexibility index (Phi) is 7.84. The molecule has 0 spiro atoms. The van der Waals surface area contributed by atoms with E-state index >= 15 is 0 Å². The predicted octanol–water partition coefficient (Wildman–Crippen LogP) is 11.6. The van der Waals surface area contributed by atoms with E-state index in [1.165, 1.54) is 11.1 Å². The molecule has 0 unspecified atom stereocenters. The maximum Gasteiger partial charge on any atom is 0.159 e. The van der Waals surface area contributed by atoms with E-state index in [0.29, 0.717) is 5.76 Å². The van der Waals surface area contributed by atoms with Gasteiger partial charge in [-0.1, -0.05) is 106 Å². The zero-order valence-electron chi connectivity index (χ0n) is 25.6. The molecule has 44 heavy (non-hydrogen) atoms. The second-order valence-corrected chi connectivity index (χ2v) is 11.9. The number of rotatable bonds is 7. The van der Waals surface area contributed by atoms with Crippen molar-refractivity contribution < 1.29 is 4.42 Å². The third kappa shape index (κ3) is 5.63. The molecule has 216 valence electrons. The van der Waals surface area contributed by atoms with E-state index in [2.05, 4.69) is 140 Å². The van der Waals surface area contributed by atoms with Gasteiger partial charge in [-0.05, 0) is 78.1 Å². The molecule has 1 aromatic heterocycles. The van der Waals surface area contributed by atoms with Crippen LogP contribution in [0.3, 0.4) is 0 Å². The summed E-state index contributed by atoms with van der Waals surface area (Å²) >= 11 is 0. The number of allylic oxidation sites excluding steroid dienone is 1. The Balaban J connectivity index is 1.47. The molecule has 0 bridgehead atoms. The summed E-state index contributed by atoms with van der Waals surface area (Å²) < 4.78 is 6.25. The van der Waals surface area contributed by atoms with E-state index in [4.69, 9.17) is 10.8 Å². The monoisotopic (exact) mass is 572 g/mol. The highest BCUT2D eigenvalue weighted by Gasteiger charge is 2.20. The molecule has 6 aromatic rings. The van der Waals surface area contributed by atoms with Gasteiger partial charge in [-0.15, -0.1) is 6.42 Å². The van der Waals surface area contributed by atoms with Crippen molar-refractivity contribution in [3.63, 3.8) is 0 Å². The van der Waals surface area contributed by atoms with Gasteiger partial charge < -0.3 is 14.6 Å². The Morgan fingerprint density at radius 2 is 1.50 bits per heavy atom. The molecule has 0 saturated carbocycles. The van der Waals surface area contributed by atoms with E-state index in [-0.39, 0.29) is 5.41 Å². The highest BCUT2D eigenvalue weighted by molar-refractivity contribution is 5.97. The Bertz CT molecular complexity index is 1980. The van der Waals surface area contributed by atoms with Crippen LogP contribution in [0.4, 0.5) is 28.4 Å². The lowest BCUT2D eigenvalue weighted by Gasteiger charge is -2.29. The topological polar surface area (TPSA) is 28.4 Å². The normalized spacial score (nSPS) is 11.5. The first-order valence-corrected chi connectivity index (χ1v) is 14.9. The molecule has 0 aliphatic rings. The van der Waals surface area contributed by atoms with E-state index in [1.807, 2.05) is 37.3 Å². The first kappa shape index (κ1) is 28.6. The Morgan fingerprint density at radius 3 is 2.23 bits per heavy atom. The van der Waals surface area contributed by atoms with Crippen molar-refractivity contribution >= 4 is 45.5 Å². The molecule has 1 heterocycles. The molecule has 0 aliphatic heterocycles. The highest BCUT2D eigenvalue weighted by atomic mass is 16.3. The zero-order valence-corrected chi connectivity index (χ0v) is 25.6. The van der Waals surface area contributed by atoms with Crippen LogP contribution in [-0.2, 0) is 5.41 Å². The molecule has 5 aromatic carbocycles. The minimum atomic E-state index is 0.0636. The van der Waals surface area contributed by atoms with Crippen LogP contribution in [0.2, 0.25) is 0 Å². The molecule has 0 amide bonds. The Hall–Kier alpha value is -5.46. The van der Waals surface area contributed by atoms with Crippen LogP contribution in [-0.4, -0.2) is 0 Å². The summed E-state index contributed by atoms with van der Waals surface area (Å²) in [6.45, 7) is 8.68. The second kappa shape index (κ2) is 12.0. The van der Waals surface area contributed by atoms with Crippen LogP contribution < -0.4 is 10.2 Å². The summed E-state index contributed by atoms with van der Waals surface area (Å²) in [5, 5.41) is 4.53. The van der Waals surface area contributed by atoms with Crippen LogP contribution in [0.5, 0.6) is 0 Å². The third-order valence-corrected chi connectivity index (χ3v) is 7.81. The zero-order chi connectivity index (χ0) is 30.7. The molecule has 1 N–H and O–H groups in total. The number of fused-ring (bicyclic) bond motifs is 1. The van der Waals surface area contributed by atoms with Gasteiger partial charge in [-0.2, -0.15) is 0 Å². The van der Waals surface area contributed by atoms with Crippen LogP contribution in [0, 0.1) is 12.3 Å². The maximum atomic E-state index is 6.25. The van der Waals surface area contributed by atoms with Crippen LogP contribution in [0.15, 0.2) is 132 Å². The average Bonchev–Trinajstić information content (AvgIpc) is 3.40. The van der Waals surface area contributed by atoms with Gasteiger partial charge in [-0.25, -0.2) is 0 Å². The third-order valence-electron chi connectivity index (χ3n) is 7.81. The van der Waals surface area contributed by atoms with Gasteiger partial charge in [0.15, 0.2) is 5.58 Å². The van der Waals surface area contributed by atoms with Crippen molar-refractivity contribution in [3.05, 3.63) is 144 Å². The number of nitrogens with zero attached hydrogens (tertiary/aromatic N) is 1. The van der Waals surface area contributed by atoms with Crippen molar-refractivity contribution in [2.24, 2.45) is 0 Å². The number of hydrogen-bond acceptors (Lipinski definition) is 3. The summed E-state index contributed by atoms with van der Waals surface area (Å²) in [6, 6.07) is 42.5. The summed E-state index contributed by atoms with van der Waals surface area (Å²) in [5.74, 6) is 3.50. The van der Waals surface area contributed by atoms with E-state index in [9.17, 15) is 0 Å². The maximum absolute atomic E-state index is 6.25. The van der Waals surface area contributed by atoms with Gasteiger partial charge in [0.1, 0.15) is 5.76 Å². The first-order chi connectivity index (χ1) is 21.4. The highest BCUT2D eigenvalue weighted by Crippen LogP contribution is 2.42. The number of nitrogens with one attached hydrogen (secondary N) is 1. The van der Waals surface area contributed by atoms with Gasteiger partial charge in [0.05, 0.1) is 16.9 Å². The fourth-order valence-electron chi connectivity index (χ4n) is 5.60. The van der Waals surface area contributed by atoms with Crippen molar-refractivity contribution in [2.75, 3.05) is 10.2 Å². The van der Waals surface area contributed by atoms with Crippen molar-refractivity contribution in [3.8, 4) is 23.5 Å². The van der Waals surface area contributed by atoms with E-state index in [0.717, 1.165) is 50.5 Å². The van der Waals surface area contributed by atoms with Gasteiger partial charge in [-0.3, -0.25) is 0 Å². The van der Waals surface area contributed by atoms with Crippen LogP contribution >= 0.6 is 0 Å². The lowest BCUT2D eigenvalue weighted by molar-refractivity contribution is 0.590. The quantitative estimate of drug-likeness (QED) is 0.193. The first-order valence-electron chi connectivity index (χ1n) is 14.9. The number of hydrogen-bond donors (Lipinski definition) is 1. The molecule has 0 radical (unpaired) electrons. The summed E-state index contributed by atoms with van der Waals surface area (Å²) in [6.07, 6.45) is 9.72. The van der Waals surface area contributed by atoms with Crippen molar-refractivity contribution in [1.29, 1.82) is 0 Å². The second-order valence-electron chi connectivity index (χ2n) is 11.9. The molecular weight excluding hydrogens is 536 g/mol. The fourth-order valence-corrected chi connectivity index (χ4v) is 5.60. The van der Waals surface area contributed by atoms with E-state index < -0.39 is 0 Å². The smallest absolute Gasteiger partial charge is 0.159 e. The molecule has 0 atom stereocenters. The lowest BCUT2D eigenvalue weighted by Crippen LogP contribution is -2.14.